The third-order valence-corrected chi connectivity index (χ3v) is 4.34. The lowest BCUT2D eigenvalue weighted by Gasteiger charge is -2.22. The predicted octanol–water partition coefficient (Wildman–Crippen LogP) is 2.19. The molecule has 1 aliphatic carbocycles. The van der Waals surface area contributed by atoms with Crippen LogP contribution >= 0.6 is 11.8 Å². The smallest absolute Gasteiger partial charge is 0.223 e. The predicted molar refractivity (Wildman–Crippen MR) is 60.4 cm³/mol. The topological polar surface area (TPSA) is 29.1 Å². The van der Waals surface area contributed by atoms with Crippen LogP contribution in [0.4, 0.5) is 0 Å². The Bertz CT molecular complexity index is 195. The molecule has 0 spiro atoms. The summed E-state index contributed by atoms with van der Waals surface area (Å²) in [7, 11) is 0. The van der Waals surface area contributed by atoms with E-state index in [0.29, 0.717) is 17.9 Å². The lowest BCUT2D eigenvalue weighted by molar-refractivity contribution is -0.125. The molecule has 0 aromatic carbocycles. The maximum atomic E-state index is 11.8. The van der Waals surface area contributed by atoms with Crippen molar-refractivity contribution in [1.29, 1.82) is 0 Å². The molecule has 0 atom stereocenters. The second-order valence-electron chi connectivity index (χ2n) is 4.38. The number of thioether (sulfide) groups is 1. The van der Waals surface area contributed by atoms with Gasteiger partial charge in [0.15, 0.2) is 0 Å². The van der Waals surface area contributed by atoms with E-state index in [1.165, 1.54) is 37.2 Å². The summed E-state index contributed by atoms with van der Waals surface area (Å²) in [6.45, 7) is 0. The first kappa shape index (κ1) is 10.3. The summed E-state index contributed by atoms with van der Waals surface area (Å²) >= 11 is 1.98. The molecule has 1 saturated heterocycles. The Balaban J connectivity index is 1.75. The average molecular weight is 213 g/mol. The van der Waals surface area contributed by atoms with Gasteiger partial charge in [-0.15, -0.1) is 0 Å². The molecule has 1 heterocycles. The van der Waals surface area contributed by atoms with Crippen LogP contribution in [0.5, 0.6) is 0 Å². The minimum atomic E-state index is 0.317. The Hall–Kier alpha value is -0.180. The molecule has 0 radical (unpaired) electrons. The molecule has 0 bridgehead atoms. The molecule has 80 valence electrons. The summed E-state index contributed by atoms with van der Waals surface area (Å²) in [4.78, 5) is 11.8. The van der Waals surface area contributed by atoms with E-state index in [-0.39, 0.29) is 0 Å². The second kappa shape index (κ2) is 5.06. The van der Waals surface area contributed by atoms with Crippen LogP contribution in [0.2, 0.25) is 0 Å². The molecule has 1 amide bonds. The van der Waals surface area contributed by atoms with Crippen LogP contribution in [-0.2, 0) is 4.79 Å². The SMILES string of the molecule is O=C(NC1CCCC1)C1CCSCC1. The Labute approximate surface area is 90.2 Å². The summed E-state index contributed by atoms with van der Waals surface area (Å²) in [5.74, 6) is 2.99. The van der Waals surface area contributed by atoms with Crippen LogP contribution in [-0.4, -0.2) is 23.5 Å². The van der Waals surface area contributed by atoms with Crippen molar-refractivity contribution < 1.29 is 4.79 Å². The van der Waals surface area contributed by atoms with Gasteiger partial charge in [0.1, 0.15) is 0 Å². The minimum absolute atomic E-state index is 0.317. The largest absolute Gasteiger partial charge is 0.353 e. The van der Waals surface area contributed by atoms with E-state index in [0.717, 1.165) is 12.8 Å². The molecule has 1 N–H and O–H groups in total. The number of rotatable bonds is 2. The van der Waals surface area contributed by atoms with E-state index in [4.69, 9.17) is 0 Å². The van der Waals surface area contributed by atoms with Crippen molar-refractivity contribution in [3.63, 3.8) is 0 Å². The molecule has 1 saturated carbocycles. The summed E-state index contributed by atoms with van der Waals surface area (Å²) in [5, 5.41) is 3.20. The number of nitrogens with one attached hydrogen (secondary N) is 1. The molecule has 0 unspecified atom stereocenters. The van der Waals surface area contributed by atoms with E-state index in [2.05, 4.69) is 5.32 Å². The lowest BCUT2D eigenvalue weighted by Crippen LogP contribution is -2.38. The van der Waals surface area contributed by atoms with Crippen LogP contribution in [0, 0.1) is 5.92 Å². The molecule has 2 nitrogen and oxygen atoms in total. The van der Waals surface area contributed by atoms with Gasteiger partial charge in [0.05, 0.1) is 0 Å². The highest BCUT2D eigenvalue weighted by Gasteiger charge is 2.24. The van der Waals surface area contributed by atoms with Crippen LogP contribution in [0.3, 0.4) is 0 Å². The molecule has 3 heteroatoms. The van der Waals surface area contributed by atoms with Gasteiger partial charge in [-0.25, -0.2) is 0 Å². The first-order valence-electron chi connectivity index (χ1n) is 5.74. The molecule has 0 aromatic heterocycles. The fourth-order valence-corrected chi connectivity index (χ4v) is 3.46. The number of hydrogen-bond acceptors (Lipinski definition) is 2. The zero-order valence-electron chi connectivity index (χ0n) is 8.63. The quantitative estimate of drug-likeness (QED) is 0.762. The molecule has 2 fully saturated rings. The first-order chi connectivity index (χ1) is 6.86. The maximum absolute atomic E-state index is 11.8. The average Bonchev–Trinajstić information content (AvgIpc) is 2.72. The molecular weight excluding hydrogens is 194 g/mol. The van der Waals surface area contributed by atoms with E-state index in [1.807, 2.05) is 11.8 Å². The zero-order chi connectivity index (χ0) is 9.80. The monoisotopic (exact) mass is 213 g/mol. The molecular formula is C11H19NOS. The number of carbonyl (C=O) groups is 1. The van der Waals surface area contributed by atoms with Crippen LogP contribution < -0.4 is 5.32 Å². The Kier molecular flexibility index (Phi) is 3.74. The van der Waals surface area contributed by atoms with Crippen molar-refractivity contribution in [2.24, 2.45) is 5.92 Å². The standard InChI is InChI=1S/C11H19NOS/c13-11(9-5-7-14-8-6-9)12-10-3-1-2-4-10/h9-10H,1-8H2,(H,12,13). The molecule has 0 aromatic rings. The Morgan fingerprint density at radius 1 is 1.07 bits per heavy atom. The summed E-state index contributed by atoms with van der Waals surface area (Å²) < 4.78 is 0. The van der Waals surface area contributed by atoms with Crippen molar-refractivity contribution >= 4 is 17.7 Å². The van der Waals surface area contributed by atoms with Crippen molar-refractivity contribution in [2.75, 3.05) is 11.5 Å². The van der Waals surface area contributed by atoms with E-state index in [9.17, 15) is 4.79 Å². The first-order valence-corrected chi connectivity index (χ1v) is 6.90. The second-order valence-corrected chi connectivity index (χ2v) is 5.60. The van der Waals surface area contributed by atoms with Gasteiger partial charge in [-0.2, -0.15) is 11.8 Å². The maximum Gasteiger partial charge on any atom is 0.223 e. The van der Waals surface area contributed by atoms with Gasteiger partial charge in [0, 0.05) is 12.0 Å². The van der Waals surface area contributed by atoms with Crippen molar-refractivity contribution in [3.8, 4) is 0 Å². The van der Waals surface area contributed by atoms with Gasteiger partial charge in [-0.1, -0.05) is 12.8 Å². The van der Waals surface area contributed by atoms with Crippen molar-refractivity contribution in [2.45, 2.75) is 44.6 Å². The summed E-state index contributed by atoms with van der Waals surface area (Å²) in [5.41, 5.74) is 0. The minimum Gasteiger partial charge on any atom is -0.353 e. The number of carbonyl (C=O) groups excluding carboxylic acids is 1. The summed E-state index contributed by atoms with van der Waals surface area (Å²) in [6.07, 6.45) is 7.17. The fraction of sp³-hybridized carbons (Fsp3) is 0.909. The zero-order valence-corrected chi connectivity index (χ0v) is 9.44. The summed E-state index contributed by atoms with van der Waals surface area (Å²) in [6, 6.07) is 0.497. The third kappa shape index (κ3) is 2.66. The Morgan fingerprint density at radius 3 is 2.36 bits per heavy atom. The molecule has 14 heavy (non-hydrogen) atoms. The highest BCUT2D eigenvalue weighted by atomic mass is 32.2. The lowest BCUT2D eigenvalue weighted by atomic mass is 10.0. The van der Waals surface area contributed by atoms with Crippen LogP contribution in [0.25, 0.3) is 0 Å². The van der Waals surface area contributed by atoms with Crippen molar-refractivity contribution in [3.05, 3.63) is 0 Å². The van der Waals surface area contributed by atoms with E-state index in [1.54, 1.807) is 0 Å². The van der Waals surface area contributed by atoms with Gasteiger partial charge in [0.25, 0.3) is 0 Å². The van der Waals surface area contributed by atoms with Crippen LogP contribution in [0.1, 0.15) is 38.5 Å². The van der Waals surface area contributed by atoms with Crippen LogP contribution in [0.15, 0.2) is 0 Å². The van der Waals surface area contributed by atoms with Gasteiger partial charge >= 0.3 is 0 Å². The normalized spacial score (nSPS) is 25.1. The molecule has 1 aliphatic heterocycles. The number of amides is 1. The third-order valence-electron chi connectivity index (χ3n) is 3.29. The highest BCUT2D eigenvalue weighted by Crippen LogP contribution is 2.24. The highest BCUT2D eigenvalue weighted by molar-refractivity contribution is 7.99. The molecule has 2 rings (SSSR count). The van der Waals surface area contributed by atoms with E-state index >= 15 is 0 Å². The van der Waals surface area contributed by atoms with Crippen molar-refractivity contribution in [1.82, 2.24) is 5.32 Å². The molecule has 2 aliphatic rings. The number of hydrogen-bond donors (Lipinski definition) is 1. The van der Waals surface area contributed by atoms with Gasteiger partial charge in [-0.05, 0) is 37.2 Å². The Morgan fingerprint density at radius 2 is 1.71 bits per heavy atom. The van der Waals surface area contributed by atoms with E-state index < -0.39 is 0 Å². The van der Waals surface area contributed by atoms with Gasteiger partial charge < -0.3 is 5.32 Å². The van der Waals surface area contributed by atoms with Gasteiger partial charge in [0.2, 0.25) is 5.91 Å². The fourth-order valence-electron chi connectivity index (χ4n) is 2.35. The van der Waals surface area contributed by atoms with Gasteiger partial charge in [-0.3, -0.25) is 4.79 Å².